The number of nitrogens with one attached hydrogen (secondary N) is 1. The number of halogens is 2. The molecule has 0 aliphatic rings. The van der Waals surface area contributed by atoms with Gasteiger partial charge in [-0.25, -0.2) is 4.79 Å². The van der Waals surface area contributed by atoms with E-state index in [4.69, 9.17) is 16.7 Å². The van der Waals surface area contributed by atoms with E-state index in [2.05, 4.69) is 27.9 Å². The van der Waals surface area contributed by atoms with Gasteiger partial charge in [-0.2, -0.15) is 0 Å². The highest BCUT2D eigenvalue weighted by molar-refractivity contribution is 14.1. The molecule has 0 aromatic heterocycles. The van der Waals surface area contributed by atoms with Crippen molar-refractivity contribution < 1.29 is 14.7 Å². The number of carboxylic acids is 1. The largest absolute Gasteiger partial charge is 0.478 e. The summed E-state index contributed by atoms with van der Waals surface area (Å²) in [5, 5.41) is 11.8. The zero-order valence-corrected chi connectivity index (χ0v) is 12.7. The SMILES string of the molecule is CC(C(=O)O)=C(C)C(=O)Nc1ccc(I)cc1Cl. The van der Waals surface area contributed by atoms with Gasteiger partial charge in [-0.05, 0) is 54.6 Å². The molecular weight excluding hydrogens is 368 g/mol. The molecule has 1 aromatic rings. The van der Waals surface area contributed by atoms with Gasteiger partial charge >= 0.3 is 5.97 Å². The third-order valence-electron chi connectivity index (χ3n) is 2.40. The second-order valence-corrected chi connectivity index (χ2v) is 5.29. The van der Waals surface area contributed by atoms with Crippen LogP contribution in [-0.2, 0) is 9.59 Å². The Labute approximate surface area is 123 Å². The fraction of sp³-hybridized carbons (Fsp3) is 0.167. The molecule has 6 heteroatoms. The fourth-order valence-corrected chi connectivity index (χ4v) is 2.04. The van der Waals surface area contributed by atoms with Crippen molar-refractivity contribution in [2.24, 2.45) is 0 Å². The minimum atomic E-state index is -1.11. The number of carbonyl (C=O) groups is 2. The molecule has 18 heavy (non-hydrogen) atoms. The Balaban J connectivity index is 2.95. The van der Waals surface area contributed by atoms with Gasteiger partial charge in [0.05, 0.1) is 10.7 Å². The number of carbonyl (C=O) groups excluding carboxylic acids is 1. The lowest BCUT2D eigenvalue weighted by Gasteiger charge is -2.08. The Morgan fingerprint density at radius 3 is 2.39 bits per heavy atom. The van der Waals surface area contributed by atoms with Crippen LogP contribution in [0, 0.1) is 3.57 Å². The number of carboxylic acid groups (broad SMARTS) is 1. The van der Waals surface area contributed by atoms with E-state index in [0.717, 1.165) is 3.57 Å². The first-order valence-corrected chi connectivity index (χ1v) is 6.45. The van der Waals surface area contributed by atoms with E-state index in [0.29, 0.717) is 10.7 Å². The van der Waals surface area contributed by atoms with Crippen LogP contribution in [0.15, 0.2) is 29.3 Å². The van der Waals surface area contributed by atoms with E-state index < -0.39 is 11.9 Å². The van der Waals surface area contributed by atoms with Crippen molar-refractivity contribution in [3.63, 3.8) is 0 Å². The zero-order valence-electron chi connectivity index (χ0n) is 9.75. The van der Waals surface area contributed by atoms with Crippen molar-refractivity contribution in [2.45, 2.75) is 13.8 Å². The van der Waals surface area contributed by atoms with Gasteiger partial charge in [-0.1, -0.05) is 11.6 Å². The Morgan fingerprint density at radius 2 is 1.89 bits per heavy atom. The van der Waals surface area contributed by atoms with E-state index in [9.17, 15) is 9.59 Å². The highest BCUT2D eigenvalue weighted by Crippen LogP contribution is 2.24. The van der Waals surface area contributed by atoms with Crippen LogP contribution in [0.3, 0.4) is 0 Å². The molecule has 0 radical (unpaired) electrons. The van der Waals surface area contributed by atoms with E-state index in [-0.39, 0.29) is 11.1 Å². The van der Waals surface area contributed by atoms with Gasteiger partial charge in [-0.15, -0.1) is 0 Å². The van der Waals surface area contributed by atoms with Gasteiger partial charge < -0.3 is 10.4 Å². The van der Waals surface area contributed by atoms with Gasteiger partial charge in [-0.3, -0.25) is 4.79 Å². The van der Waals surface area contributed by atoms with Crippen molar-refractivity contribution in [1.82, 2.24) is 0 Å². The molecular formula is C12H11ClINO3. The molecule has 0 unspecified atom stereocenters. The summed E-state index contributed by atoms with van der Waals surface area (Å²) in [6.07, 6.45) is 0. The van der Waals surface area contributed by atoms with Crippen LogP contribution in [0.1, 0.15) is 13.8 Å². The Bertz CT molecular complexity index is 540. The maximum atomic E-state index is 11.8. The Morgan fingerprint density at radius 1 is 1.28 bits per heavy atom. The normalized spacial score (nSPS) is 11.8. The summed E-state index contributed by atoms with van der Waals surface area (Å²) in [5.41, 5.74) is 0.617. The van der Waals surface area contributed by atoms with Crippen LogP contribution in [0.25, 0.3) is 0 Å². The molecule has 0 spiro atoms. The summed E-state index contributed by atoms with van der Waals surface area (Å²) in [6.45, 7) is 2.84. The molecule has 0 fully saturated rings. The highest BCUT2D eigenvalue weighted by Gasteiger charge is 2.13. The molecule has 2 N–H and O–H groups in total. The number of aliphatic carboxylic acids is 1. The molecule has 1 amide bonds. The molecule has 0 saturated heterocycles. The van der Waals surface area contributed by atoms with Gasteiger partial charge in [0.2, 0.25) is 0 Å². The van der Waals surface area contributed by atoms with Crippen LogP contribution < -0.4 is 5.32 Å². The van der Waals surface area contributed by atoms with Crippen molar-refractivity contribution >= 4 is 51.8 Å². The third-order valence-corrected chi connectivity index (χ3v) is 3.39. The summed E-state index contributed by atoms with van der Waals surface area (Å²) >= 11 is 8.07. The molecule has 1 aromatic carbocycles. The first-order valence-electron chi connectivity index (χ1n) is 5.00. The maximum absolute atomic E-state index is 11.8. The van der Waals surface area contributed by atoms with E-state index >= 15 is 0 Å². The Hall–Kier alpha value is -1.08. The number of rotatable bonds is 3. The van der Waals surface area contributed by atoms with Crippen molar-refractivity contribution in [3.8, 4) is 0 Å². The topological polar surface area (TPSA) is 66.4 Å². The monoisotopic (exact) mass is 379 g/mol. The summed E-state index contributed by atoms with van der Waals surface area (Å²) in [7, 11) is 0. The molecule has 0 heterocycles. The lowest BCUT2D eigenvalue weighted by atomic mass is 10.1. The summed E-state index contributed by atoms with van der Waals surface area (Å²) in [4.78, 5) is 22.5. The minimum Gasteiger partial charge on any atom is -0.478 e. The first kappa shape index (κ1) is 15.0. The van der Waals surface area contributed by atoms with Gasteiger partial charge in [0.15, 0.2) is 0 Å². The fourth-order valence-electron chi connectivity index (χ4n) is 1.14. The van der Waals surface area contributed by atoms with Crippen LogP contribution in [0.2, 0.25) is 5.02 Å². The summed E-state index contributed by atoms with van der Waals surface area (Å²) < 4.78 is 0.949. The van der Waals surface area contributed by atoms with Gasteiger partial charge in [0.25, 0.3) is 5.91 Å². The molecule has 4 nitrogen and oxygen atoms in total. The van der Waals surface area contributed by atoms with Gasteiger partial charge in [0, 0.05) is 14.7 Å². The average molecular weight is 380 g/mol. The molecule has 96 valence electrons. The predicted octanol–water partition coefficient (Wildman–Crippen LogP) is 3.30. The third kappa shape index (κ3) is 3.71. The number of anilines is 1. The minimum absolute atomic E-state index is 0.00846. The highest BCUT2D eigenvalue weighted by atomic mass is 127. The van der Waals surface area contributed by atoms with Gasteiger partial charge in [0.1, 0.15) is 0 Å². The number of hydrogen-bond donors (Lipinski definition) is 2. The van der Waals surface area contributed by atoms with Crippen LogP contribution >= 0.6 is 34.2 Å². The van der Waals surface area contributed by atoms with E-state index in [1.54, 1.807) is 18.2 Å². The zero-order chi connectivity index (χ0) is 13.9. The summed E-state index contributed by atoms with van der Waals surface area (Å²) in [6, 6.07) is 5.18. The molecule has 0 aliphatic heterocycles. The standard InChI is InChI=1S/C12H11ClINO3/c1-6(7(2)12(17)18)11(16)15-10-4-3-8(14)5-9(10)13/h3-5H,1-2H3,(H,15,16)(H,17,18). The molecule has 0 saturated carbocycles. The van der Waals surface area contributed by atoms with Crippen molar-refractivity contribution in [3.05, 3.63) is 37.9 Å². The molecule has 0 bridgehead atoms. The average Bonchev–Trinajstić information content (AvgIpc) is 2.30. The molecule has 0 atom stereocenters. The molecule has 1 rings (SSSR count). The predicted molar refractivity (Wildman–Crippen MR) is 78.8 cm³/mol. The maximum Gasteiger partial charge on any atom is 0.331 e. The second-order valence-electron chi connectivity index (χ2n) is 3.63. The van der Waals surface area contributed by atoms with Crippen LogP contribution in [0.4, 0.5) is 5.69 Å². The number of benzene rings is 1. The lowest BCUT2D eigenvalue weighted by Crippen LogP contribution is -2.16. The first-order chi connectivity index (χ1) is 8.32. The lowest BCUT2D eigenvalue weighted by molar-refractivity contribution is -0.133. The van der Waals surface area contributed by atoms with Crippen molar-refractivity contribution in [1.29, 1.82) is 0 Å². The number of amides is 1. The van der Waals surface area contributed by atoms with E-state index in [1.165, 1.54) is 13.8 Å². The number of hydrogen-bond acceptors (Lipinski definition) is 2. The smallest absolute Gasteiger partial charge is 0.331 e. The van der Waals surface area contributed by atoms with Crippen LogP contribution in [-0.4, -0.2) is 17.0 Å². The molecule has 0 aliphatic carbocycles. The van der Waals surface area contributed by atoms with E-state index in [1.807, 2.05) is 0 Å². The van der Waals surface area contributed by atoms with Crippen molar-refractivity contribution in [2.75, 3.05) is 5.32 Å². The second kappa shape index (κ2) is 6.19. The quantitative estimate of drug-likeness (QED) is 0.625. The van der Waals surface area contributed by atoms with Crippen LogP contribution in [0.5, 0.6) is 0 Å². The Kier molecular flexibility index (Phi) is 5.15. The summed E-state index contributed by atoms with van der Waals surface area (Å²) in [5.74, 6) is -1.59.